The third kappa shape index (κ3) is 5.18. The lowest BCUT2D eigenvalue weighted by Crippen LogP contribution is -1.95. The molecule has 3 rings (SSSR count). The number of carboxylic acid groups (broad SMARTS) is 1. The number of benzene rings is 3. The molecule has 0 unspecified atom stereocenters. The zero-order chi connectivity index (χ0) is 22.4. The molecule has 31 heavy (non-hydrogen) atoms. The van der Waals surface area contributed by atoms with Crippen molar-refractivity contribution in [2.24, 2.45) is 9.98 Å². The predicted molar refractivity (Wildman–Crippen MR) is 117 cm³/mol. The van der Waals surface area contributed by atoms with E-state index in [4.69, 9.17) is 9.47 Å². The molecule has 0 saturated heterocycles. The Labute approximate surface area is 178 Å². The fraction of sp³-hybridized carbons (Fsp3) is 0.0870. The Kier molecular flexibility index (Phi) is 6.51. The number of nitrogens with zero attached hydrogens (tertiary/aromatic N) is 2. The van der Waals surface area contributed by atoms with Gasteiger partial charge in [0.25, 0.3) is 0 Å². The molecule has 0 atom stereocenters. The van der Waals surface area contributed by atoms with Crippen molar-refractivity contribution >= 4 is 29.8 Å². The van der Waals surface area contributed by atoms with Crippen LogP contribution < -0.4 is 9.47 Å². The molecular formula is C23H20N2O6. The largest absolute Gasteiger partial charge is 0.507 e. The van der Waals surface area contributed by atoms with Gasteiger partial charge in [-0.05, 0) is 54.6 Å². The molecule has 0 aliphatic rings. The number of aromatic carboxylic acids is 1. The van der Waals surface area contributed by atoms with E-state index in [0.29, 0.717) is 28.3 Å². The van der Waals surface area contributed by atoms with E-state index in [9.17, 15) is 20.1 Å². The quantitative estimate of drug-likeness (QED) is 0.490. The Bertz CT molecular complexity index is 1170. The van der Waals surface area contributed by atoms with Gasteiger partial charge in [-0.3, -0.25) is 9.98 Å². The first-order chi connectivity index (χ1) is 14.9. The van der Waals surface area contributed by atoms with Gasteiger partial charge in [0, 0.05) is 23.6 Å². The highest BCUT2D eigenvalue weighted by Gasteiger charge is 2.09. The Hall–Kier alpha value is -4.33. The molecule has 0 saturated carbocycles. The van der Waals surface area contributed by atoms with Crippen LogP contribution in [0, 0.1) is 0 Å². The second-order valence-corrected chi connectivity index (χ2v) is 6.37. The van der Waals surface area contributed by atoms with Crippen LogP contribution in [-0.4, -0.2) is 47.9 Å². The Balaban J connectivity index is 2.01. The highest BCUT2D eigenvalue weighted by Crippen LogP contribution is 2.31. The SMILES string of the molecule is COc1ccc(O)c(C=Nc2ccc(C(=O)O)cc2N=Cc2cc(OC)ccc2O)c1. The maximum absolute atomic E-state index is 11.4. The lowest BCUT2D eigenvalue weighted by Gasteiger charge is -2.06. The van der Waals surface area contributed by atoms with Gasteiger partial charge in [0.15, 0.2) is 0 Å². The number of phenols is 2. The maximum atomic E-state index is 11.4. The molecule has 0 amide bonds. The van der Waals surface area contributed by atoms with E-state index >= 15 is 0 Å². The summed E-state index contributed by atoms with van der Waals surface area (Å²) in [7, 11) is 3.02. The zero-order valence-corrected chi connectivity index (χ0v) is 16.8. The summed E-state index contributed by atoms with van der Waals surface area (Å²) in [6, 6.07) is 13.7. The van der Waals surface area contributed by atoms with Crippen LogP contribution in [0.25, 0.3) is 0 Å². The first kappa shape index (κ1) is 21.4. The van der Waals surface area contributed by atoms with Crippen molar-refractivity contribution in [1.82, 2.24) is 0 Å². The Morgan fingerprint density at radius 2 is 1.29 bits per heavy atom. The van der Waals surface area contributed by atoms with E-state index in [1.165, 1.54) is 57.0 Å². The number of hydrogen-bond acceptors (Lipinski definition) is 7. The molecule has 8 heteroatoms. The molecule has 0 aliphatic carbocycles. The van der Waals surface area contributed by atoms with E-state index in [-0.39, 0.29) is 22.7 Å². The van der Waals surface area contributed by atoms with Crippen molar-refractivity contribution in [3.8, 4) is 23.0 Å². The summed E-state index contributed by atoms with van der Waals surface area (Å²) in [5, 5.41) is 29.4. The highest BCUT2D eigenvalue weighted by molar-refractivity contribution is 5.93. The van der Waals surface area contributed by atoms with Crippen molar-refractivity contribution in [2.75, 3.05) is 14.2 Å². The fourth-order valence-corrected chi connectivity index (χ4v) is 2.67. The van der Waals surface area contributed by atoms with E-state index in [0.717, 1.165) is 0 Å². The first-order valence-electron chi connectivity index (χ1n) is 9.10. The number of carbonyl (C=O) groups is 1. The van der Waals surface area contributed by atoms with Gasteiger partial charge in [-0.1, -0.05) is 0 Å². The number of methoxy groups -OCH3 is 2. The average molecular weight is 420 g/mol. The summed E-state index contributed by atoms with van der Waals surface area (Å²) < 4.78 is 10.3. The van der Waals surface area contributed by atoms with Gasteiger partial charge < -0.3 is 24.8 Å². The van der Waals surface area contributed by atoms with E-state index < -0.39 is 5.97 Å². The molecule has 3 aromatic rings. The summed E-state index contributed by atoms with van der Waals surface area (Å²) in [6.45, 7) is 0. The van der Waals surface area contributed by atoms with Crippen molar-refractivity contribution in [3.63, 3.8) is 0 Å². The van der Waals surface area contributed by atoms with Gasteiger partial charge >= 0.3 is 5.97 Å². The Morgan fingerprint density at radius 1 is 0.774 bits per heavy atom. The monoisotopic (exact) mass is 420 g/mol. The standard InChI is InChI=1S/C23H20N2O6/c1-30-17-4-7-21(26)15(9-17)12-24-19-6-3-14(23(28)29)11-20(19)25-13-16-10-18(31-2)5-8-22(16)27/h3-13,26-27H,1-2H3,(H,28,29). The lowest BCUT2D eigenvalue weighted by atomic mass is 10.1. The first-order valence-corrected chi connectivity index (χ1v) is 9.10. The van der Waals surface area contributed by atoms with Crippen molar-refractivity contribution < 1.29 is 29.6 Å². The minimum atomic E-state index is -1.11. The van der Waals surface area contributed by atoms with E-state index in [2.05, 4.69) is 9.98 Å². The number of rotatable bonds is 7. The normalized spacial score (nSPS) is 11.2. The number of hydrogen-bond donors (Lipinski definition) is 3. The van der Waals surface area contributed by atoms with Gasteiger partial charge in [-0.2, -0.15) is 0 Å². The summed E-state index contributed by atoms with van der Waals surface area (Å²) in [4.78, 5) is 20.0. The fourth-order valence-electron chi connectivity index (χ4n) is 2.67. The van der Waals surface area contributed by atoms with Crippen LogP contribution >= 0.6 is 0 Å². The predicted octanol–water partition coefficient (Wildman–Crippen LogP) is 4.31. The Morgan fingerprint density at radius 3 is 1.77 bits per heavy atom. The topological polar surface area (TPSA) is 121 Å². The second-order valence-electron chi connectivity index (χ2n) is 6.37. The van der Waals surface area contributed by atoms with Crippen LogP contribution in [0.15, 0.2) is 64.6 Å². The molecular weight excluding hydrogens is 400 g/mol. The molecule has 8 nitrogen and oxygen atoms in total. The highest BCUT2D eigenvalue weighted by atomic mass is 16.5. The number of carboxylic acids is 1. The van der Waals surface area contributed by atoms with Crippen molar-refractivity contribution in [3.05, 3.63) is 71.3 Å². The van der Waals surface area contributed by atoms with Crippen molar-refractivity contribution in [1.29, 1.82) is 0 Å². The summed E-state index contributed by atoms with van der Waals surface area (Å²) in [6.07, 6.45) is 2.82. The molecule has 0 heterocycles. The molecule has 0 aliphatic heterocycles. The molecule has 3 N–H and O–H groups in total. The van der Waals surface area contributed by atoms with Gasteiger partial charge in [-0.25, -0.2) is 4.79 Å². The summed E-state index contributed by atoms with van der Waals surface area (Å²) >= 11 is 0. The average Bonchev–Trinajstić information content (AvgIpc) is 2.78. The van der Waals surface area contributed by atoms with Crippen LogP contribution in [0.3, 0.4) is 0 Å². The van der Waals surface area contributed by atoms with Gasteiger partial charge in [0.05, 0.1) is 31.2 Å². The minimum absolute atomic E-state index is 0.00899. The molecule has 158 valence electrons. The van der Waals surface area contributed by atoms with Gasteiger partial charge in [0.2, 0.25) is 0 Å². The van der Waals surface area contributed by atoms with Crippen LogP contribution in [0.2, 0.25) is 0 Å². The smallest absolute Gasteiger partial charge is 0.335 e. The number of phenolic OH excluding ortho intramolecular Hbond substituents is 2. The van der Waals surface area contributed by atoms with Gasteiger partial charge in [0.1, 0.15) is 23.0 Å². The van der Waals surface area contributed by atoms with Crippen LogP contribution in [-0.2, 0) is 0 Å². The third-order valence-electron chi connectivity index (χ3n) is 4.38. The van der Waals surface area contributed by atoms with Crippen LogP contribution in [0.4, 0.5) is 11.4 Å². The molecule has 0 radical (unpaired) electrons. The number of ether oxygens (including phenoxy) is 2. The molecule has 0 bridgehead atoms. The minimum Gasteiger partial charge on any atom is -0.507 e. The van der Waals surface area contributed by atoms with Crippen LogP contribution in [0.1, 0.15) is 21.5 Å². The van der Waals surface area contributed by atoms with E-state index in [1.54, 1.807) is 24.3 Å². The number of aromatic hydroxyl groups is 2. The molecule has 0 aromatic heterocycles. The summed E-state index contributed by atoms with van der Waals surface area (Å²) in [5.74, 6) is -0.0255. The van der Waals surface area contributed by atoms with Crippen molar-refractivity contribution in [2.45, 2.75) is 0 Å². The van der Waals surface area contributed by atoms with Gasteiger partial charge in [-0.15, -0.1) is 0 Å². The second kappa shape index (κ2) is 9.45. The maximum Gasteiger partial charge on any atom is 0.335 e. The van der Waals surface area contributed by atoms with Crippen LogP contribution in [0.5, 0.6) is 23.0 Å². The third-order valence-corrected chi connectivity index (χ3v) is 4.38. The number of aliphatic imine (C=N–C) groups is 2. The zero-order valence-electron chi connectivity index (χ0n) is 16.8. The molecule has 0 spiro atoms. The summed E-state index contributed by atoms with van der Waals surface area (Å²) in [5.41, 5.74) is 1.47. The molecule has 3 aromatic carbocycles. The van der Waals surface area contributed by atoms with E-state index in [1.807, 2.05) is 0 Å². The molecule has 0 fully saturated rings. The lowest BCUT2D eigenvalue weighted by molar-refractivity contribution is 0.0697.